The van der Waals surface area contributed by atoms with Crippen LogP contribution in [0, 0.1) is 5.41 Å². The summed E-state index contributed by atoms with van der Waals surface area (Å²) in [7, 11) is 1.62. The van der Waals surface area contributed by atoms with E-state index in [1.807, 2.05) is 34.1 Å². The third-order valence-corrected chi connectivity index (χ3v) is 6.65. The Morgan fingerprint density at radius 2 is 1.66 bits per heavy atom. The number of anilines is 1. The molecular formula is C20H25N5O3S. The number of likely N-dealkylation sites (tertiary alicyclic amines) is 2. The van der Waals surface area contributed by atoms with Gasteiger partial charge in [0.15, 0.2) is 5.69 Å². The number of urea groups is 1. The molecule has 3 heterocycles. The monoisotopic (exact) mass is 415 g/mol. The Balaban J connectivity index is 1.27. The Kier molecular flexibility index (Phi) is 5.66. The van der Waals surface area contributed by atoms with Crippen LogP contribution in [-0.4, -0.2) is 64.6 Å². The second-order valence-corrected chi connectivity index (χ2v) is 8.34. The Hall–Kier alpha value is -2.68. The van der Waals surface area contributed by atoms with E-state index in [2.05, 4.69) is 14.9 Å². The van der Waals surface area contributed by atoms with Crippen LogP contribution in [0.25, 0.3) is 0 Å². The summed E-state index contributed by atoms with van der Waals surface area (Å²) < 4.78 is 8.92. The maximum absolute atomic E-state index is 12.6. The maximum Gasteiger partial charge on any atom is 0.321 e. The number of ether oxygens (including phenoxy) is 1. The van der Waals surface area contributed by atoms with Gasteiger partial charge < -0.3 is 19.9 Å². The number of methoxy groups -OCH3 is 1. The van der Waals surface area contributed by atoms with Gasteiger partial charge >= 0.3 is 6.03 Å². The highest BCUT2D eigenvalue weighted by molar-refractivity contribution is 7.03. The van der Waals surface area contributed by atoms with Crippen LogP contribution in [-0.2, 0) is 0 Å². The molecule has 154 valence electrons. The van der Waals surface area contributed by atoms with Crippen LogP contribution in [0.3, 0.4) is 0 Å². The zero-order valence-corrected chi connectivity index (χ0v) is 17.3. The molecule has 2 saturated heterocycles. The molecule has 1 spiro atoms. The third-order valence-electron chi connectivity index (χ3n) is 6.14. The molecular weight excluding hydrogens is 390 g/mol. The highest BCUT2D eigenvalue weighted by Crippen LogP contribution is 2.41. The molecule has 2 aliphatic rings. The second kappa shape index (κ2) is 8.36. The first-order valence-corrected chi connectivity index (χ1v) is 10.7. The van der Waals surface area contributed by atoms with Crippen molar-refractivity contribution in [1.29, 1.82) is 0 Å². The van der Waals surface area contributed by atoms with Gasteiger partial charge in [0.05, 0.1) is 7.11 Å². The fourth-order valence-electron chi connectivity index (χ4n) is 4.16. The molecule has 2 aliphatic heterocycles. The van der Waals surface area contributed by atoms with Crippen LogP contribution in [0.2, 0.25) is 0 Å². The molecule has 2 aromatic rings. The first-order chi connectivity index (χ1) is 14.1. The Morgan fingerprint density at radius 1 is 1.03 bits per heavy atom. The lowest BCUT2D eigenvalue weighted by molar-refractivity contribution is 0.0376. The van der Waals surface area contributed by atoms with E-state index in [-0.39, 0.29) is 17.4 Å². The smallest absolute Gasteiger partial charge is 0.321 e. The molecule has 9 heteroatoms. The van der Waals surface area contributed by atoms with E-state index >= 15 is 0 Å². The molecule has 0 atom stereocenters. The van der Waals surface area contributed by atoms with Gasteiger partial charge in [0, 0.05) is 37.2 Å². The van der Waals surface area contributed by atoms with Crippen molar-refractivity contribution in [2.45, 2.75) is 25.7 Å². The fraction of sp³-hybridized carbons (Fsp3) is 0.500. The van der Waals surface area contributed by atoms with E-state index in [1.54, 1.807) is 12.5 Å². The molecule has 1 aromatic carbocycles. The molecule has 1 aromatic heterocycles. The standard InChI is InChI=1S/C20H25N5O3S/c1-28-16-4-2-15(3-5-16)21-19(27)25-12-8-20(9-13-25)6-10-24(11-7-20)18(26)17-14-29-23-22-17/h2-5,14H,6-13H2,1H3,(H,21,27). The number of hydrogen-bond acceptors (Lipinski definition) is 6. The van der Waals surface area contributed by atoms with Gasteiger partial charge in [0.25, 0.3) is 5.91 Å². The van der Waals surface area contributed by atoms with Gasteiger partial charge in [-0.15, -0.1) is 5.10 Å². The van der Waals surface area contributed by atoms with Gasteiger partial charge in [-0.1, -0.05) is 4.49 Å². The summed E-state index contributed by atoms with van der Waals surface area (Å²) in [4.78, 5) is 28.8. The number of benzene rings is 1. The van der Waals surface area contributed by atoms with Gasteiger partial charge in [-0.2, -0.15) is 0 Å². The lowest BCUT2D eigenvalue weighted by atomic mass is 9.71. The molecule has 3 amide bonds. The average Bonchev–Trinajstić information content (AvgIpc) is 3.30. The Bertz CT molecular complexity index is 838. The number of rotatable bonds is 3. The minimum Gasteiger partial charge on any atom is -0.497 e. The summed E-state index contributed by atoms with van der Waals surface area (Å²) in [6, 6.07) is 7.28. The van der Waals surface area contributed by atoms with Crippen LogP contribution >= 0.6 is 11.5 Å². The van der Waals surface area contributed by atoms with Crippen molar-refractivity contribution >= 4 is 29.2 Å². The number of carbonyl (C=O) groups excluding carboxylic acids is 2. The van der Waals surface area contributed by atoms with Crippen LogP contribution < -0.4 is 10.1 Å². The molecule has 0 unspecified atom stereocenters. The number of hydrogen-bond donors (Lipinski definition) is 1. The molecule has 2 fully saturated rings. The molecule has 8 nitrogen and oxygen atoms in total. The van der Waals surface area contributed by atoms with Gasteiger partial charge in [0.2, 0.25) is 0 Å². The quantitative estimate of drug-likeness (QED) is 0.832. The van der Waals surface area contributed by atoms with Crippen molar-refractivity contribution in [2.24, 2.45) is 5.41 Å². The second-order valence-electron chi connectivity index (χ2n) is 7.73. The largest absolute Gasteiger partial charge is 0.497 e. The Labute approximate surface area is 174 Å². The van der Waals surface area contributed by atoms with Crippen molar-refractivity contribution in [3.05, 3.63) is 35.3 Å². The van der Waals surface area contributed by atoms with Crippen molar-refractivity contribution in [1.82, 2.24) is 19.4 Å². The molecule has 1 N–H and O–H groups in total. The van der Waals surface area contributed by atoms with Crippen molar-refractivity contribution in [2.75, 3.05) is 38.6 Å². The van der Waals surface area contributed by atoms with Gasteiger partial charge in [-0.25, -0.2) is 4.79 Å². The first-order valence-electron chi connectivity index (χ1n) is 9.85. The zero-order chi connectivity index (χ0) is 20.3. The first kappa shape index (κ1) is 19.6. The number of aromatic nitrogens is 2. The lowest BCUT2D eigenvalue weighted by Gasteiger charge is -2.46. The molecule has 0 aliphatic carbocycles. The summed E-state index contributed by atoms with van der Waals surface area (Å²) in [6.07, 6.45) is 3.90. The highest BCUT2D eigenvalue weighted by Gasteiger charge is 2.39. The highest BCUT2D eigenvalue weighted by atomic mass is 32.1. The minimum absolute atomic E-state index is 0.0232. The number of piperidine rings is 2. The summed E-state index contributed by atoms with van der Waals surface area (Å²) >= 11 is 1.20. The van der Waals surface area contributed by atoms with Crippen molar-refractivity contribution < 1.29 is 14.3 Å². The van der Waals surface area contributed by atoms with E-state index in [0.717, 1.165) is 63.3 Å². The minimum atomic E-state index is -0.0614. The van der Waals surface area contributed by atoms with Crippen LogP contribution in [0.5, 0.6) is 5.75 Å². The lowest BCUT2D eigenvalue weighted by Crippen LogP contribution is -2.50. The summed E-state index contributed by atoms with van der Waals surface area (Å²) in [5, 5.41) is 8.55. The van der Waals surface area contributed by atoms with E-state index in [4.69, 9.17) is 4.74 Å². The van der Waals surface area contributed by atoms with E-state index in [9.17, 15) is 9.59 Å². The maximum atomic E-state index is 12.6. The molecule has 0 bridgehead atoms. The summed E-state index contributed by atoms with van der Waals surface area (Å²) in [5.74, 6) is 0.740. The zero-order valence-electron chi connectivity index (χ0n) is 16.5. The topological polar surface area (TPSA) is 87.7 Å². The Morgan fingerprint density at radius 3 is 2.21 bits per heavy atom. The predicted molar refractivity (Wildman–Crippen MR) is 110 cm³/mol. The number of carbonyl (C=O) groups is 2. The van der Waals surface area contributed by atoms with Gasteiger partial charge in [-0.3, -0.25) is 4.79 Å². The van der Waals surface area contributed by atoms with Gasteiger partial charge in [-0.05, 0) is 66.9 Å². The number of nitrogens with one attached hydrogen (secondary N) is 1. The average molecular weight is 416 g/mol. The molecule has 0 radical (unpaired) electrons. The number of nitrogens with zero attached hydrogens (tertiary/aromatic N) is 4. The van der Waals surface area contributed by atoms with E-state index in [1.165, 1.54) is 11.5 Å². The van der Waals surface area contributed by atoms with Crippen molar-refractivity contribution in [3.8, 4) is 5.75 Å². The van der Waals surface area contributed by atoms with Crippen LogP contribution in [0.15, 0.2) is 29.6 Å². The summed E-state index contributed by atoms with van der Waals surface area (Å²) in [6.45, 7) is 2.97. The molecule has 4 rings (SSSR count). The molecule has 29 heavy (non-hydrogen) atoms. The fourth-order valence-corrected chi connectivity index (χ4v) is 4.60. The summed E-state index contributed by atoms with van der Waals surface area (Å²) in [5.41, 5.74) is 1.43. The number of amides is 3. The SMILES string of the molecule is COc1ccc(NC(=O)N2CCC3(CC2)CCN(C(=O)c2csnn2)CC3)cc1. The van der Waals surface area contributed by atoms with Crippen LogP contribution in [0.1, 0.15) is 36.2 Å². The van der Waals surface area contributed by atoms with E-state index < -0.39 is 0 Å². The molecule has 0 saturated carbocycles. The normalized spacial score (nSPS) is 18.5. The predicted octanol–water partition coefficient (Wildman–Crippen LogP) is 3.10. The van der Waals surface area contributed by atoms with Crippen molar-refractivity contribution in [3.63, 3.8) is 0 Å². The van der Waals surface area contributed by atoms with Crippen LogP contribution in [0.4, 0.5) is 10.5 Å². The van der Waals surface area contributed by atoms with E-state index in [0.29, 0.717) is 5.69 Å². The van der Waals surface area contributed by atoms with Gasteiger partial charge in [0.1, 0.15) is 5.75 Å². The third kappa shape index (κ3) is 4.34.